The van der Waals surface area contributed by atoms with E-state index < -0.39 is 11.7 Å². The lowest BCUT2D eigenvalue weighted by Gasteiger charge is -2.23. The normalized spacial score (nSPS) is 18.3. The molecule has 0 saturated carbocycles. The highest BCUT2D eigenvalue weighted by Crippen LogP contribution is 2.32. The average molecular weight is 223 g/mol. The van der Waals surface area contributed by atoms with E-state index in [1.165, 1.54) is 0 Å². The molecule has 0 aromatic heterocycles. The number of nitrogens with two attached hydrogens (primary N) is 1. The van der Waals surface area contributed by atoms with Crippen molar-refractivity contribution >= 4 is 5.91 Å². The van der Waals surface area contributed by atoms with E-state index in [-0.39, 0.29) is 0 Å². The molecule has 0 unspecified atom stereocenters. The summed E-state index contributed by atoms with van der Waals surface area (Å²) in [4.78, 5) is 11.4. The summed E-state index contributed by atoms with van der Waals surface area (Å²) in [5.41, 5.74) is 5.90. The SMILES string of the molecule is COc1ccc(C2(C(N)=O)OCCO2)cc1. The van der Waals surface area contributed by atoms with E-state index in [1.54, 1.807) is 31.4 Å². The molecule has 0 bridgehead atoms. The number of ether oxygens (including phenoxy) is 3. The quantitative estimate of drug-likeness (QED) is 0.804. The summed E-state index contributed by atoms with van der Waals surface area (Å²) in [5.74, 6) is -1.39. The zero-order chi connectivity index (χ0) is 11.6. The molecule has 0 spiro atoms. The Morgan fingerprint density at radius 3 is 2.31 bits per heavy atom. The molecule has 86 valence electrons. The third-order valence-electron chi connectivity index (χ3n) is 2.49. The van der Waals surface area contributed by atoms with Gasteiger partial charge in [0.2, 0.25) is 0 Å². The molecule has 1 saturated heterocycles. The van der Waals surface area contributed by atoms with Crippen LogP contribution in [0.5, 0.6) is 5.75 Å². The molecule has 1 fully saturated rings. The van der Waals surface area contributed by atoms with Crippen molar-refractivity contribution in [2.45, 2.75) is 5.79 Å². The summed E-state index contributed by atoms with van der Waals surface area (Å²) in [6, 6.07) is 6.86. The van der Waals surface area contributed by atoms with Crippen LogP contribution in [0.4, 0.5) is 0 Å². The van der Waals surface area contributed by atoms with E-state index in [0.29, 0.717) is 24.5 Å². The Bertz CT molecular complexity index is 381. The Kier molecular flexibility index (Phi) is 2.80. The summed E-state index contributed by atoms with van der Waals surface area (Å²) < 4.78 is 15.7. The van der Waals surface area contributed by atoms with Gasteiger partial charge in [-0.25, -0.2) is 0 Å². The van der Waals surface area contributed by atoms with Gasteiger partial charge in [-0.05, 0) is 24.3 Å². The molecule has 2 rings (SSSR count). The van der Waals surface area contributed by atoms with Gasteiger partial charge in [-0.3, -0.25) is 4.79 Å². The molecule has 5 nitrogen and oxygen atoms in total. The molecule has 0 aliphatic carbocycles. The largest absolute Gasteiger partial charge is 0.497 e. The van der Waals surface area contributed by atoms with Gasteiger partial charge < -0.3 is 19.9 Å². The van der Waals surface area contributed by atoms with Crippen molar-refractivity contribution in [2.24, 2.45) is 5.73 Å². The lowest BCUT2D eigenvalue weighted by Crippen LogP contribution is -2.42. The second-order valence-corrected chi connectivity index (χ2v) is 3.41. The van der Waals surface area contributed by atoms with E-state index in [1.807, 2.05) is 0 Å². The van der Waals surface area contributed by atoms with Crippen LogP contribution in [0.3, 0.4) is 0 Å². The predicted molar refractivity (Wildman–Crippen MR) is 55.8 cm³/mol. The molecule has 1 heterocycles. The summed E-state index contributed by atoms with van der Waals surface area (Å²) in [6.07, 6.45) is 0. The summed E-state index contributed by atoms with van der Waals surface area (Å²) in [7, 11) is 1.57. The fourth-order valence-electron chi connectivity index (χ4n) is 1.67. The van der Waals surface area contributed by atoms with Gasteiger partial charge in [-0.2, -0.15) is 0 Å². The Morgan fingerprint density at radius 1 is 1.31 bits per heavy atom. The highest BCUT2D eigenvalue weighted by molar-refractivity contribution is 5.83. The van der Waals surface area contributed by atoms with Gasteiger partial charge in [0.15, 0.2) is 0 Å². The molecule has 1 aromatic carbocycles. The van der Waals surface area contributed by atoms with Gasteiger partial charge in [-0.1, -0.05) is 0 Å². The zero-order valence-corrected chi connectivity index (χ0v) is 8.93. The van der Waals surface area contributed by atoms with Gasteiger partial charge in [0.05, 0.1) is 20.3 Å². The van der Waals surface area contributed by atoms with Gasteiger partial charge in [0.1, 0.15) is 5.75 Å². The summed E-state index contributed by atoms with van der Waals surface area (Å²) in [6.45, 7) is 0.712. The lowest BCUT2D eigenvalue weighted by atomic mass is 10.1. The average Bonchev–Trinajstić information content (AvgIpc) is 2.79. The lowest BCUT2D eigenvalue weighted by molar-refractivity contribution is -0.183. The standard InChI is InChI=1S/C11H13NO4/c1-14-9-4-2-8(3-5-9)11(10(12)13)15-6-7-16-11/h2-5H,6-7H2,1H3,(H2,12,13). The first kappa shape index (κ1) is 10.9. The number of hydrogen-bond acceptors (Lipinski definition) is 4. The second-order valence-electron chi connectivity index (χ2n) is 3.41. The number of primary amides is 1. The minimum Gasteiger partial charge on any atom is -0.497 e. The monoisotopic (exact) mass is 223 g/mol. The maximum absolute atomic E-state index is 11.4. The smallest absolute Gasteiger partial charge is 0.282 e. The van der Waals surface area contributed by atoms with Crippen LogP contribution in [0, 0.1) is 0 Å². The fourth-order valence-corrected chi connectivity index (χ4v) is 1.67. The third kappa shape index (κ3) is 1.64. The van der Waals surface area contributed by atoms with E-state index in [4.69, 9.17) is 19.9 Å². The van der Waals surface area contributed by atoms with Crippen molar-refractivity contribution < 1.29 is 19.0 Å². The van der Waals surface area contributed by atoms with Crippen molar-refractivity contribution in [2.75, 3.05) is 20.3 Å². The van der Waals surface area contributed by atoms with Crippen molar-refractivity contribution in [1.82, 2.24) is 0 Å². The first-order chi connectivity index (χ1) is 7.69. The van der Waals surface area contributed by atoms with E-state index in [2.05, 4.69) is 0 Å². The Balaban J connectivity index is 2.36. The molecule has 1 aliphatic heterocycles. The molecule has 0 atom stereocenters. The number of methoxy groups -OCH3 is 1. The Morgan fingerprint density at radius 2 is 1.88 bits per heavy atom. The van der Waals surface area contributed by atoms with Crippen molar-refractivity contribution in [3.05, 3.63) is 29.8 Å². The molecule has 1 amide bonds. The number of hydrogen-bond donors (Lipinski definition) is 1. The molecule has 1 aliphatic rings. The van der Waals surface area contributed by atoms with Gasteiger partial charge in [0.25, 0.3) is 11.7 Å². The van der Waals surface area contributed by atoms with Crippen LogP contribution in [0.15, 0.2) is 24.3 Å². The number of benzene rings is 1. The van der Waals surface area contributed by atoms with Crippen molar-refractivity contribution in [3.63, 3.8) is 0 Å². The van der Waals surface area contributed by atoms with Crippen molar-refractivity contribution in [3.8, 4) is 5.75 Å². The Labute approximate surface area is 93.1 Å². The molecule has 1 aromatic rings. The highest BCUT2D eigenvalue weighted by atomic mass is 16.7. The zero-order valence-electron chi connectivity index (χ0n) is 8.93. The van der Waals surface area contributed by atoms with Crippen LogP contribution < -0.4 is 10.5 Å². The van der Waals surface area contributed by atoms with Crippen molar-refractivity contribution in [1.29, 1.82) is 0 Å². The molecular weight excluding hydrogens is 210 g/mol. The van der Waals surface area contributed by atoms with E-state index in [0.717, 1.165) is 0 Å². The number of rotatable bonds is 3. The van der Waals surface area contributed by atoms with Crippen LogP contribution in [0.2, 0.25) is 0 Å². The van der Waals surface area contributed by atoms with Crippen LogP contribution in [0.25, 0.3) is 0 Å². The maximum atomic E-state index is 11.4. The molecule has 5 heteroatoms. The van der Waals surface area contributed by atoms with Crippen LogP contribution >= 0.6 is 0 Å². The topological polar surface area (TPSA) is 70.8 Å². The minimum absolute atomic E-state index is 0.356. The highest BCUT2D eigenvalue weighted by Gasteiger charge is 2.44. The minimum atomic E-state index is -1.44. The van der Waals surface area contributed by atoms with Crippen LogP contribution in [0.1, 0.15) is 5.56 Å². The summed E-state index contributed by atoms with van der Waals surface area (Å²) in [5, 5.41) is 0. The summed E-state index contributed by atoms with van der Waals surface area (Å²) >= 11 is 0. The Hall–Kier alpha value is -1.59. The first-order valence-corrected chi connectivity index (χ1v) is 4.91. The maximum Gasteiger partial charge on any atom is 0.282 e. The van der Waals surface area contributed by atoms with Crippen LogP contribution in [-0.4, -0.2) is 26.2 Å². The number of carbonyl (C=O) groups excluding carboxylic acids is 1. The molecule has 2 N–H and O–H groups in total. The van der Waals surface area contributed by atoms with Gasteiger partial charge in [0, 0.05) is 5.56 Å². The first-order valence-electron chi connectivity index (χ1n) is 4.91. The number of amides is 1. The van der Waals surface area contributed by atoms with E-state index >= 15 is 0 Å². The molecule has 0 radical (unpaired) electrons. The number of carbonyl (C=O) groups is 1. The second kappa shape index (κ2) is 4.11. The van der Waals surface area contributed by atoms with E-state index in [9.17, 15) is 4.79 Å². The van der Waals surface area contributed by atoms with Gasteiger partial charge in [-0.15, -0.1) is 0 Å². The predicted octanol–water partition coefficient (Wildman–Crippen LogP) is 0.380. The van der Waals surface area contributed by atoms with Gasteiger partial charge >= 0.3 is 0 Å². The fraction of sp³-hybridized carbons (Fsp3) is 0.364. The molecule has 16 heavy (non-hydrogen) atoms. The third-order valence-corrected chi connectivity index (χ3v) is 2.49. The van der Waals surface area contributed by atoms with Crippen LogP contribution in [-0.2, 0) is 20.1 Å². The molecular formula is C11H13NO4.